The predicted octanol–water partition coefficient (Wildman–Crippen LogP) is 4.55. The molecular weight excluding hydrogens is 378 g/mol. The summed E-state index contributed by atoms with van der Waals surface area (Å²) in [6.07, 6.45) is -3.78. The van der Waals surface area contributed by atoms with E-state index in [-0.39, 0.29) is 6.04 Å². The van der Waals surface area contributed by atoms with E-state index < -0.39 is 11.7 Å². The Morgan fingerprint density at radius 2 is 1.50 bits per heavy atom. The van der Waals surface area contributed by atoms with Gasteiger partial charge in [-0.05, 0) is 64.4 Å². The minimum absolute atomic E-state index is 0.219. The Bertz CT molecular complexity index is 561. The molecule has 1 unspecified atom stereocenters. The molecule has 5 heteroatoms. The van der Waals surface area contributed by atoms with E-state index in [4.69, 9.17) is 5.73 Å². The molecule has 2 aromatic carbocycles. The number of alkyl halides is 3. The van der Waals surface area contributed by atoms with E-state index in [1.807, 2.05) is 24.3 Å². The Kier molecular flexibility index (Phi) is 4.70. The van der Waals surface area contributed by atoms with Crippen LogP contribution >= 0.6 is 22.6 Å². The Balaban J connectivity index is 2.08. The average molecular weight is 391 g/mol. The molecule has 0 aromatic heterocycles. The molecule has 2 rings (SSSR count). The number of benzene rings is 2. The van der Waals surface area contributed by atoms with Crippen molar-refractivity contribution in [2.24, 2.45) is 5.73 Å². The van der Waals surface area contributed by atoms with Crippen molar-refractivity contribution in [3.05, 3.63) is 68.8 Å². The van der Waals surface area contributed by atoms with Crippen molar-refractivity contribution in [1.29, 1.82) is 0 Å². The summed E-state index contributed by atoms with van der Waals surface area (Å²) < 4.78 is 38.5. The van der Waals surface area contributed by atoms with Crippen molar-refractivity contribution in [1.82, 2.24) is 0 Å². The zero-order chi connectivity index (χ0) is 14.8. The van der Waals surface area contributed by atoms with Crippen LogP contribution in [0.25, 0.3) is 0 Å². The van der Waals surface area contributed by atoms with E-state index in [1.54, 1.807) is 0 Å². The first-order chi connectivity index (χ1) is 9.36. The van der Waals surface area contributed by atoms with Gasteiger partial charge in [0.1, 0.15) is 0 Å². The van der Waals surface area contributed by atoms with Crippen LogP contribution in [0.3, 0.4) is 0 Å². The van der Waals surface area contributed by atoms with Gasteiger partial charge in [-0.2, -0.15) is 13.2 Å². The molecule has 1 nitrogen and oxygen atoms in total. The molecule has 1 atom stereocenters. The molecule has 2 N–H and O–H groups in total. The molecule has 0 aliphatic heterocycles. The second kappa shape index (κ2) is 6.13. The largest absolute Gasteiger partial charge is 0.416 e. The van der Waals surface area contributed by atoms with E-state index in [2.05, 4.69) is 22.6 Å². The van der Waals surface area contributed by atoms with Crippen molar-refractivity contribution >= 4 is 22.6 Å². The molecule has 0 saturated carbocycles. The monoisotopic (exact) mass is 391 g/mol. The zero-order valence-corrected chi connectivity index (χ0v) is 12.6. The molecule has 20 heavy (non-hydrogen) atoms. The average Bonchev–Trinajstić information content (AvgIpc) is 2.39. The van der Waals surface area contributed by atoms with Gasteiger partial charge in [0.25, 0.3) is 0 Å². The first kappa shape index (κ1) is 15.3. The lowest BCUT2D eigenvalue weighted by Gasteiger charge is -2.13. The van der Waals surface area contributed by atoms with E-state index in [0.717, 1.165) is 26.8 Å². The normalized spacial score (nSPS) is 13.2. The smallest absolute Gasteiger partial charge is 0.324 e. The van der Waals surface area contributed by atoms with Gasteiger partial charge >= 0.3 is 6.18 Å². The first-order valence-corrected chi connectivity index (χ1v) is 7.11. The Morgan fingerprint density at radius 1 is 0.950 bits per heavy atom. The Morgan fingerprint density at radius 3 is 2.00 bits per heavy atom. The number of hydrogen-bond acceptors (Lipinski definition) is 1. The summed E-state index contributed by atoms with van der Waals surface area (Å²) in [5.74, 6) is 0. The Labute approximate surface area is 129 Å². The van der Waals surface area contributed by atoms with Crippen LogP contribution in [0, 0.1) is 3.57 Å². The zero-order valence-electron chi connectivity index (χ0n) is 10.5. The van der Waals surface area contributed by atoms with Crippen LogP contribution in [0.2, 0.25) is 0 Å². The van der Waals surface area contributed by atoms with Crippen LogP contribution in [0.15, 0.2) is 48.5 Å². The summed E-state index contributed by atoms with van der Waals surface area (Å²) in [5, 5.41) is 0. The Hall–Kier alpha value is -1.08. The predicted molar refractivity (Wildman–Crippen MR) is 81.2 cm³/mol. The van der Waals surface area contributed by atoms with Gasteiger partial charge in [0, 0.05) is 9.61 Å². The number of hydrogen-bond donors (Lipinski definition) is 1. The van der Waals surface area contributed by atoms with Crippen LogP contribution in [0.1, 0.15) is 22.7 Å². The SMILES string of the molecule is NC(Cc1ccc(C(F)(F)F)cc1)c1ccc(I)cc1. The molecule has 0 saturated heterocycles. The number of rotatable bonds is 3. The summed E-state index contributed by atoms with van der Waals surface area (Å²) in [6, 6.07) is 12.7. The van der Waals surface area contributed by atoms with Crippen molar-refractivity contribution in [3.63, 3.8) is 0 Å². The van der Waals surface area contributed by atoms with E-state index in [0.29, 0.717) is 6.42 Å². The lowest BCUT2D eigenvalue weighted by molar-refractivity contribution is -0.137. The van der Waals surface area contributed by atoms with Crippen molar-refractivity contribution in [3.8, 4) is 0 Å². The standard InChI is InChI=1S/C15H13F3IN/c16-15(17,18)12-5-1-10(2-6-12)9-14(20)11-3-7-13(19)8-4-11/h1-8,14H,9,20H2. The van der Waals surface area contributed by atoms with Gasteiger partial charge < -0.3 is 5.73 Å². The fraction of sp³-hybridized carbons (Fsp3) is 0.200. The third-order valence-corrected chi connectivity index (χ3v) is 3.75. The van der Waals surface area contributed by atoms with Gasteiger partial charge in [0.15, 0.2) is 0 Å². The molecule has 2 aromatic rings. The first-order valence-electron chi connectivity index (χ1n) is 6.03. The highest BCUT2D eigenvalue weighted by atomic mass is 127. The van der Waals surface area contributed by atoms with E-state index >= 15 is 0 Å². The summed E-state index contributed by atoms with van der Waals surface area (Å²) >= 11 is 2.21. The summed E-state index contributed by atoms with van der Waals surface area (Å²) in [6.45, 7) is 0. The number of nitrogens with two attached hydrogens (primary N) is 1. The van der Waals surface area contributed by atoms with Crippen molar-refractivity contribution in [2.75, 3.05) is 0 Å². The van der Waals surface area contributed by atoms with Gasteiger partial charge in [-0.15, -0.1) is 0 Å². The molecule has 106 valence electrons. The lowest BCUT2D eigenvalue weighted by Crippen LogP contribution is -2.13. The van der Waals surface area contributed by atoms with Gasteiger partial charge in [-0.1, -0.05) is 24.3 Å². The quantitative estimate of drug-likeness (QED) is 0.764. The lowest BCUT2D eigenvalue weighted by atomic mass is 9.99. The molecular formula is C15H13F3IN. The highest BCUT2D eigenvalue weighted by molar-refractivity contribution is 14.1. The minimum Gasteiger partial charge on any atom is -0.324 e. The third kappa shape index (κ3) is 3.96. The summed E-state index contributed by atoms with van der Waals surface area (Å²) in [7, 11) is 0. The van der Waals surface area contributed by atoms with Crippen LogP contribution in [0.5, 0.6) is 0 Å². The topological polar surface area (TPSA) is 26.0 Å². The third-order valence-electron chi connectivity index (χ3n) is 3.04. The second-order valence-corrected chi connectivity index (χ2v) is 5.80. The summed E-state index contributed by atoms with van der Waals surface area (Å²) in [4.78, 5) is 0. The molecule has 0 amide bonds. The molecule has 0 spiro atoms. The van der Waals surface area contributed by atoms with Crippen LogP contribution < -0.4 is 5.73 Å². The van der Waals surface area contributed by atoms with Crippen molar-refractivity contribution in [2.45, 2.75) is 18.6 Å². The fourth-order valence-electron chi connectivity index (χ4n) is 1.91. The minimum atomic E-state index is -4.29. The van der Waals surface area contributed by atoms with Gasteiger partial charge in [-0.3, -0.25) is 0 Å². The van der Waals surface area contributed by atoms with Crippen molar-refractivity contribution < 1.29 is 13.2 Å². The maximum Gasteiger partial charge on any atom is 0.416 e. The highest BCUT2D eigenvalue weighted by Crippen LogP contribution is 2.29. The van der Waals surface area contributed by atoms with Crippen LogP contribution in [-0.4, -0.2) is 0 Å². The molecule has 0 fully saturated rings. The van der Waals surface area contributed by atoms with E-state index in [1.165, 1.54) is 12.1 Å². The fourth-order valence-corrected chi connectivity index (χ4v) is 2.27. The maximum absolute atomic E-state index is 12.5. The molecule has 0 aliphatic carbocycles. The van der Waals surface area contributed by atoms with Crippen LogP contribution in [0.4, 0.5) is 13.2 Å². The molecule has 0 aliphatic rings. The van der Waals surface area contributed by atoms with E-state index in [9.17, 15) is 13.2 Å². The maximum atomic E-state index is 12.5. The van der Waals surface area contributed by atoms with Gasteiger partial charge in [0.2, 0.25) is 0 Å². The summed E-state index contributed by atoms with van der Waals surface area (Å²) in [5.41, 5.74) is 7.21. The van der Waals surface area contributed by atoms with Crippen LogP contribution in [-0.2, 0) is 12.6 Å². The van der Waals surface area contributed by atoms with Gasteiger partial charge in [-0.25, -0.2) is 0 Å². The second-order valence-electron chi connectivity index (χ2n) is 4.56. The number of halogens is 4. The molecule has 0 bridgehead atoms. The highest BCUT2D eigenvalue weighted by Gasteiger charge is 2.29. The van der Waals surface area contributed by atoms with Gasteiger partial charge in [0.05, 0.1) is 5.56 Å². The molecule has 0 heterocycles. The molecule has 0 radical (unpaired) electrons.